The third-order valence-electron chi connectivity index (χ3n) is 4.54. The predicted octanol–water partition coefficient (Wildman–Crippen LogP) is 3.13. The van der Waals surface area contributed by atoms with Crippen LogP contribution >= 0.6 is 0 Å². The summed E-state index contributed by atoms with van der Waals surface area (Å²) in [6.07, 6.45) is 2.87. The van der Waals surface area contributed by atoms with Gasteiger partial charge in [-0.25, -0.2) is 9.37 Å². The molecule has 0 saturated heterocycles. The molecule has 0 aliphatic heterocycles. The zero-order valence-electron chi connectivity index (χ0n) is 15.8. The van der Waals surface area contributed by atoms with E-state index in [0.717, 1.165) is 24.0 Å². The summed E-state index contributed by atoms with van der Waals surface area (Å²) in [5.41, 5.74) is 8.55. The van der Waals surface area contributed by atoms with E-state index in [9.17, 15) is 4.39 Å². The zero-order chi connectivity index (χ0) is 19.8. The van der Waals surface area contributed by atoms with Crippen LogP contribution in [0.1, 0.15) is 48.6 Å². The highest BCUT2D eigenvalue weighted by molar-refractivity contribution is 5.52. The number of hydrogen-bond donors (Lipinski definition) is 3. The van der Waals surface area contributed by atoms with Gasteiger partial charge in [0.05, 0.1) is 12.5 Å². The maximum absolute atomic E-state index is 14.3. The van der Waals surface area contributed by atoms with E-state index < -0.39 is 0 Å². The first-order valence-corrected chi connectivity index (χ1v) is 9.13. The Morgan fingerprint density at radius 2 is 2.15 bits per heavy atom. The van der Waals surface area contributed by atoms with Crippen LogP contribution in [0.3, 0.4) is 0 Å². The molecule has 1 aromatic heterocycles. The van der Waals surface area contributed by atoms with E-state index in [2.05, 4.69) is 28.3 Å². The van der Waals surface area contributed by atoms with Gasteiger partial charge in [0.2, 0.25) is 5.95 Å². The minimum absolute atomic E-state index is 0.124. The molecule has 0 aliphatic carbocycles. The largest absolute Gasteiger partial charge is 0.396 e. The number of nitrogens with two attached hydrogens (primary N) is 1. The monoisotopic (exact) mass is 371 g/mol. The highest BCUT2D eigenvalue weighted by Crippen LogP contribution is 2.25. The number of aromatic nitrogens is 2. The third-order valence-corrected chi connectivity index (χ3v) is 4.54. The van der Waals surface area contributed by atoms with Crippen molar-refractivity contribution >= 4 is 11.8 Å². The molecule has 0 unspecified atom stereocenters. The van der Waals surface area contributed by atoms with Crippen molar-refractivity contribution in [1.29, 1.82) is 5.26 Å². The van der Waals surface area contributed by atoms with Gasteiger partial charge in [-0.05, 0) is 43.4 Å². The van der Waals surface area contributed by atoms with Crippen molar-refractivity contribution < 1.29 is 9.50 Å². The van der Waals surface area contributed by atoms with Gasteiger partial charge in [0.15, 0.2) is 0 Å². The van der Waals surface area contributed by atoms with E-state index >= 15 is 0 Å². The molecule has 2 aromatic rings. The van der Waals surface area contributed by atoms with Crippen molar-refractivity contribution in [3.63, 3.8) is 0 Å². The summed E-state index contributed by atoms with van der Waals surface area (Å²) in [5.74, 6) is 0.426. The predicted molar refractivity (Wildman–Crippen MR) is 104 cm³/mol. The fourth-order valence-corrected chi connectivity index (χ4v) is 3.01. The maximum Gasteiger partial charge on any atom is 0.222 e. The van der Waals surface area contributed by atoms with Crippen molar-refractivity contribution in [2.45, 2.75) is 52.0 Å². The van der Waals surface area contributed by atoms with Gasteiger partial charge >= 0.3 is 0 Å². The molecule has 7 heteroatoms. The standard InChI is InChI=1S/C20H26FN5O/c1-3-16(5-4-10-27)25-19-17(13(2)24-20(23)26-19)12-15-11-14(8-9-22)6-7-18(15)21/h6-7,11,16,27H,3-5,8,10,12H2,1-2H3,(H3,23,24,25,26)/t16-/m0/s1. The Bertz CT molecular complexity index is 819. The van der Waals surface area contributed by atoms with Gasteiger partial charge < -0.3 is 16.2 Å². The van der Waals surface area contributed by atoms with Crippen molar-refractivity contribution in [3.05, 3.63) is 46.4 Å². The van der Waals surface area contributed by atoms with Crippen LogP contribution in [-0.2, 0) is 12.8 Å². The molecule has 4 N–H and O–H groups in total. The Labute approximate surface area is 159 Å². The summed E-state index contributed by atoms with van der Waals surface area (Å²) in [6.45, 7) is 4.01. The topological polar surface area (TPSA) is 108 Å². The number of anilines is 2. The molecule has 2 rings (SSSR count). The number of rotatable bonds is 9. The average molecular weight is 371 g/mol. The SMILES string of the molecule is CC[C@@H](CCCO)Nc1nc(N)nc(C)c1Cc1cc(CC#N)ccc1F. The summed E-state index contributed by atoms with van der Waals surface area (Å²) >= 11 is 0. The molecule has 27 heavy (non-hydrogen) atoms. The summed E-state index contributed by atoms with van der Waals surface area (Å²) in [6, 6.07) is 6.92. The number of nitrogens with one attached hydrogen (secondary N) is 1. The molecule has 1 heterocycles. The van der Waals surface area contributed by atoms with E-state index in [1.807, 2.05) is 6.92 Å². The number of hydrogen-bond acceptors (Lipinski definition) is 6. The normalized spacial score (nSPS) is 11.8. The fraction of sp³-hybridized carbons (Fsp3) is 0.450. The molecule has 1 atom stereocenters. The van der Waals surface area contributed by atoms with Gasteiger partial charge in [-0.3, -0.25) is 0 Å². The molecule has 0 radical (unpaired) electrons. The number of aliphatic hydroxyl groups is 1. The molecule has 0 amide bonds. The van der Waals surface area contributed by atoms with Gasteiger partial charge in [0, 0.05) is 30.3 Å². The molecule has 0 aliphatic rings. The molecule has 0 bridgehead atoms. The van der Waals surface area contributed by atoms with Crippen LogP contribution in [0.25, 0.3) is 0 Å². The Kier molecular flexibility index (Phi) is 7.50. The fourth-order valence-electron chi connectivity index (χ4n) is 3.01. The van der Waals surface area contributed by atoms with E-state index in [0.29, 0.717) is 29.9 Å². The van der Waals surface area contributed by atoms with Gasteiger partial charge in [0.25, 0.3) is 0 Å². The summed E-state index contributed by atoms with van der Waals surface area (Å²) in [7, 11) is 0. The lowest BCUT2D eigenvalue weighted by molar-refractivity contribution is 0.280. The molecule has 0 fully saturated rings. The number of aliphatic hydroxyl groups excluding tert-OH is 1. The van der Waals surface area contributed by atoms with Crippen LogP contribution in [0, 0.1) is 24.1 Å². The summed E-state index contributed by atoms with van der Waals surface area (Å²) in [5, 5.41) is 21.3. The third kappa shape index (κ3) is 5.63. The van der Waals surface area contributed by atoms with Crippen molar-refractivity contribution in [3.8, 4) is 6.07 Å². The van der Waals surface area contributed by atoms with Gasteiger partial charge in [-0.1, -0.05) is 19.1 Å². The zero-order valence-corrected chi connectivity index (χ0v) is 15.8. The van der Waals surface area contributed by atoms with E-state index in [1.165, 1.54) is 6.07 Å². The first-order chi connectivity index (χ1) is 13.0. The minimum Gasteiger partial charge on any atom is -0.396 e. The van der Waals surface area contributed by atoms with E-state index in [1.54, 1.807) is 12.1 Å². The molecule has 6 nitrogen and oxygen atoms in total. The second-order valence-electron chi connectivity index (χ2n) is 6.55. The van der Waals surface area contributed by atoms with Gasteiger partial charge in [-0.15, -0.1) is 0 Å². The lowest BCUT2D eigenvalue weighted by atomic mass is 10.00. The quantitative estimate of drug-likeness (QED) is 0.625. The second-order valence-corrected chi connectivity index (χ2v) is 6.55. The minimum atomic E-state index is -0.328. The first-order valence-electron chi connectivity index (χ1n) is 9.13. The molecule has 0 saturated carbocycles. The first kappa shape index (κ1) is 20.6. The second kappa shape index (κ2) is 9.83. The highest BCUT2D eigenvalue weighted by atomic mass is 19.1. The van der Waals surface area contributed by atoms with Crippen LogP contribution in [-0.4, -0.2) is 27.7 Å². The number of nitrogen functional groups attached to an aromatic ring is 1. The van der Waals surface area contributed by atoms with Gasteiger partial charge in [0.1, 0.15) is 11.6 Å². The molecular weight excluding hydrogens is 345 g/mol. The molecule has 144 valence electrons. The van der Waals surface area contributed by atoms with Crippen LogP contribution in [0.5, 0.6) is 0 Å². The molecule has 0 spiro atoms. The average Bonchev–Trinajstić information content (AvgIpc) is 2.64. The van der Waals surface area contributed by atoms with E-state index in [-0.39, 0.29) is 30.8 Å². The van der Waals surface area contributed by atoms with Gasteiger partial charge in [-0.2, -0.15) is 10.2 Å². The number of halogens is 1. The number of aryl methyl sites for hydroxylation is 1. The van der Waals surface area contributed by atoms with Crippen LogP contribution in [0.15, 0.2) is 18.2 Å². The highest BCUT2D eigenvalue weighted by Gasteiger charge is 2.16. The van der Waals surface area contributed by atoms with Crippen LogP contribution < -0.4 is 11.1 Å². The number of benzene rings is 1. The van der Waals surface area contributed by atoms with Crippen molar-refractivity contribution in [2.24, 2.45) is 0 Å². The van der Waals surface area contributed by atoms with Crippen LogP contribution in [0.4, 0.5) is 16.2 Å². The molecule has 1 aromatic carbocycles. The lowest BCUT2D eigenvalue weighted by Crippen LogP contribution is -2.22. The maximum atomic E-state index is 14.3. The Balaban J connectivity index is 2.36. The van der Waals surface area contributed by atoms with E-state index in [4.69, 9.17) is 16.1 Å². The van der Waals surface area contributed by atoms with Crippen molar-refractivity contribution in [2.75, 3.05) is 17.7 Å². The Morgan fingerprint density at radius 1 is 1.37 bits per heavy atom. The van der Waals surface area contributed by atoms with Crippen molar-refractivity contribution in [1.82, 2.24) is 9.97 Å². The number of nitrogens with zero attached hydrogens (tertiary/aromatic N) is 3. The summed E-state index contributed by atoms with van der Waals surface area (Å²) < 4.78 is 14.3. The van der Waals surface area contributed by atoms with Crippen LogP contribution in [0.2, 0.25) is 0 Å². The lowest BCUT2D eigenvalue weighted by Gasteiger charge is -2.21. The number of nitriles is 1. The smallest absolute Gasteiger partial charge is 0.222 e. The molecular formula is C20H26FN5O. The Morgan fingerprint density at radius 3 is 2.81 bits per heavy atom. The summed E-state index contributed by atoms with van der Waals surface area (Å²) in [4.78, 5) is 8.56. The Hall–Kier alpha value is -2.72.